The third-order valence-electron chi connectivity index (χ3n) is 4.29. The molecule has 0 fully saturated rings. The highest BCUT2D eigenvalue weighted by Gasteiger charge is 2.11. The summed E-state index contributed by atoms with van der Waals surface area (Å²) in [5, 5.41) is 3.43. The molecular formula is C24H19BrN2. The van der Waals surface area contributed by atoms with Gasteiger partial charge in [0.2, 0.25) is 0 Å². The van der Waals surface area contributed by atoms with Crippen LogP contribution in [0.25, 0.3) is 0 Å². The summed E-state index contributed by atoms with van der Waals surface area (Å²) < 4.78 is 1.07. The number of rotatable bonds is 5. The molecule has 3 heteroatoms. The van der Waals surface area contributed by atoms with Gasteiger partial charge in [0, 0.05) is 32.9 Å². The van der Waals surface area contributed by atoms with Crippen LogP contribution in [0.2, 0.25) is 0 Å². The van der Waals surface area contributed by atoms with E-state index in [0.717, 1.165) is 32.9 Å². The molecule has 0 saturated heterocycles. The third-order valence-corrected chi connectivity index (χ3v) is 4.82. The van der Waals surface area contributed by atoms with Crippen molar-refractivity contribution in [3.63, 3.8) is 0 Å². The summed E-state index contributed by atoms with van der Waals surface area (Å²) in [7, 11) is 0. The van der Waals surface area contributed by atoms with Gasteiger partial charge in [-0.05, 0) is 72.8 Å². The summed E-state index contributed by atoms with van der Waals surface area (Å²) in [6.07, 6.45) is 0. The number of hydrogen-bond donors (Lipinski definition) is 1. The average Bonchev–Trinajstić information content (AvgIpc) is 2.73. The summed E-state index contributed by atoms with van der Waals surface area (Å²) in [4.78, 5) is 2.25. The Kier molecular flexibility index (Phi) is 5.22. The predicted molar refractivity (Wildman–Crippen MR) is 119 cm³/mol. The highest BCUT2D eigenvalue weighted by molar-refractivity contribution is 9.10. The second kappa shape index (κ2) is 8.11. The van der Waals surface area contributed by atoms with Crippen molar-refractivity contribution in [1.82, 2.24) is 0 Å². The smallest absolute Gasteiger partial charge is 0.0463 e. The lowest BCUT2D eigenvalue weighted by Gasteiger charge is -2.25. The first-order valence-electron chi connectivity index (χ1n) is 8.82. The summed E-state index contributed by atoms with van der Waals surface area (Å²) in [6, 6.07) is 37.5. The second-order valence-electron chi connectivity index (χ2n) is 6.19. The van der Waals surface area contributed by atoms with Gasteiger partial charge in [-0.15, -0.1) is 0 Å². The Morgan fingerprint density at radius 3 is 1.52 bits per heavy atom. The number of nitrogens with zero attached hydrogens (tertiary/aromatic N) is 1. The van der Waals surface area contributed by atoms with E-state index in [4.69, 9.17) is 0 Å². The van der Waals surface area contributed by atoms with Gasteiger partial charge in [-0.3, -0.25) is 0 Å². The first-order valence-corrected chi connectivity index (χ1v) is 9.62. The van der Waals surface area contributed by atoms with Crippen LogP contribution in [0.5, 0.6) is 0 Å². The molecule has 1 N–H and O–H groups in total. The molecule has 4 aromatic rings. The molecule has 27 heavy (non-hydrogen) atoms. The van der Waals surface area contributed by atoms with E-state index in [2.05, 4.69) is 111 Å². The summed E-state index contributed by atoms with van der Waals surface area (Å²) in [5.74, 6) is 0. The van der Waals surface area contributed by atoms with Gasteiger partial charge in [-0.25, -0.2) is 0 Å². The van der Waals surface area contributed by atoms with E-state index >= 15 is 0 Å². The van der Waals surface area contributed by atoms with Crippen molar-refractivity contribution in [3.05, 3.63) is 114 Å². The molecule has 132 valence electrons. The van der Waals surface area contributed by atoms with Crippen molar-refractivity contribution in [3.8, 4) is 0 Å². The zero-order chi connectivity index (χ0) is 18.5. The maximum atomic E-state index is 3.52. The first kappa shape index (κ1) is 17.4. The second-order valence-corrected chi connectivity index (χ2v) is 7.10. The monoisotopic (exact) mass is 414 g/mol. The van der Waals surface area contributed by atoms with Gasteiger partial charge in [-0.2, -0.15) is 0 Å². The van der Waals surface area contributed by atoms with Crippen molar-refractivity contribution in [1.29, 1.82) is 0 Å². The number of para-hydroxylation sites is 2. The van der Waals surface area contributed by atoms with Crippen LogP contribution in [0, 0.1) is 0 Å². The van der Waals surface area contributed by atoms with Crippen LogP contribution in [0.4, 0.5) is 28.4 Å². The van der Waals surface area contributed by atoms with Crippen LogP contribution in [0.15, 0.2) is 114 Å². The number of halogens is 1. The number of nitrogens with one attached hydrogen (secondary N) is 1. The van der Waals surface area contributed by atoms with E-state index in [1.54, 1.807) is 0 Å². The van der Waals surface area contributed by atoms with Crippen LogP contribution in [0.3, 0.4) is 0 Å². The molecule has 0 aliphatic rings. The summed E-state index contributed by atoms with van der Waals surface area (Å²) in [6.45, 7) is 0. The largest absolute Gasteiger partial charge is 0.356 e. The molecule has 0 aliphatic heterocycles. The average molecular weight is 415 g/mol. The molecule has 0 aliphatic carbocycles. The zero-order valence-corrected chi connectivity index (χ0v) is 16.3. The van der Waals surface area contributed by atoms with Crippen LogP contribution in [0.1, 0.15) is 0 Å². The van der Waals surface area contributed by atoms with Gasteiger partial charge < -0.3 is 10.2 Å². The lowest BCUT2D eigenvalue weighted by molar-refractivity contribution is 1.28. The SMILES string of the molecule is Brc1ccc(N(c2ccccc2)c2ccc(Nc3ccccc3)cc2)cc1. The van der Waals surface area contributed by atoms with E-state index in [1.807, 2.05) is 24.3 Å². The standard InChI is InChI=1S/C24H19BrN2/c25-19-11-15-23(16-12-19)27(22-9-5-2-6-10-22)24-17-13-21(14-18-24)26-20-7-3-1-4-8-20/h1-18,26H. The van der Waals surface area contributed by atoms with E-state index < -0.39 is 0 Å². The Bertz CT molecular complexity index is 982. The van der Waals surface area contributed by atoms with Gasteiger partial charge in [0.25, 0.3) is 0 Å². The van der Waals surface area contributed by atoms with Crippen LogP contribution in [-0.4, -0.2) is 0 Å². The molecular weight excluding hydrogens is 396 g/mol. The Morgan fingerprint density at radius 1 is 0.481 bits per heavy atom. The molecule has 0 amide bonds. The van der Waals surface area contributed by atoms with Gasteiger partial charge in [0.1, 0.15) is 0 Å². The van der Waals surface area contributed by atoms with Crippen LogP contribution < -0.4 is 10.2 Å². The Hall–Kier alpha value is -3.04. The minimum absolute atomic E-state index is 1.06. The molecule has 0 unspecified atom stereocenters. The lowest BCUT2D eigenvalue weighted by Crippen LogP contribution is -2.09. The third kappa shape index (κ3) is 4.21. The lowest BCUT2D eigenvalue weighted by atomic mass is 10.2. The minimum atomic E-state index is 1.06. The molecule has 0 saturated carbocycles. The maximum Gasteiger partial charge on any atom is 0.0463 e. The van der Waals surface area contributed by atoms with Crippen molar-refractivity contribution in [2.45, 2.75) is 0 Å². The molecule has 0 aromatic heterocycles. The van der Waals surface area contributed by atoms with E-state index in [9.17, 15) is 0 Å². The molecule has 0 spiro atoms. The number of benzene rings is 4. The molecule has 2 nitrogen and oxygen atoms in total. The number of hydrogen-bond acceptors (Lipinski definition) is 2. The Balaban J connectivity index is 1.67. The highest BCUT2D eigenvalue weighted by Crippen LogP contribution is 2.35. The van der Waals surface area contributed by atoms with Crippen molar-refractivity contribution < 1.29 is 0 Å². The summed E-state index contributed by atoms with van der Waals surface area (Å²) in [5.41, 5.74) is 5.51. The normalized spacial score (nSPS) is 10.4. The molecule has 0 bridgehead atoms. The van der Waals surface area contributed by atoms with Crippen molar-refractivity contribution in [2.24, 2.45) is 0 Å². The quantitative estimate of drug-likeness (QED) is 0.360. The molecule has 0 heterocycles. The topological polar surface area (TPSA) is 15.3 Å². The van der Waals surface area contributed by atoms with Crippen LogP contribution >= 0.6 is 15.9 Å². The van der Waals surface area contributed by atoms with E-state index in [-0.39, 0.29) is 0 Å². The molecule has 4 aromatic carbocycles. The van der Waals surface area contributed by atoms with Crippen molar-refractivity contribution >= 4 is 44.4 Å². The summed E-state index contributed by atoms with van der Waals surface area (Å²) >= 11 is 3.52. The fourth-order valence-corrected chi connectivity index (χ4v) is 3.26. The first-order chi connectivity index (χ1) is 13.3. The van der Waals surface area contributed by atoms with Gasteiger partial charge in [0.15, 0.2) is 0 Å². The maximum absolute atomic E-state index is 3.52. The highest BCUT2D eigenvalue weighted by atomic mass is 79.9. The van der Waals surface area contributed by atoms with Gasteiger partial charge in [-0.1, -0.05) is 52.3 Å². The minimum Gasteiger partial charge on any atom is -0.356 e. The molecule has 0 radical (unpaired) electrons. The fraction of sp³-hybridized carbons (Fsp3) is 0. The predicted octanol–water partition coefficient (Wildman–Crippen LogP) is 7.66. The number of anilines is 5. The Labute approximate surface area is 168 Å². The van der Waals surface area contributed by atoms with E-state index in [1.165, 1.54) is 0 Å². The van der Waals surface area contributed by atoms with Crippen LogP contribution in [-0.2, 0) is 0 Å². The molecule has 0 atom stereocenters. The zero-order valence-electron chi connectivity index (χ0n) is 14.7. The van der Waals surface area contributed by atoms with Gasteiger partial charge >= 0.3 is 0 Å². The Morgan fingerprint density at radius 2 is 0.926 bits per heavy atom. The van der Waals surface area contributed by atoms with E-state index in [0.29, 0.717) is 0 Å². The fourth-order valence-electron chi connectivity index (χ4n) is 3.00. The molecule has 4 rings (SSSR count). The van der Waals surface area contributed by atoms with Gasteiger partial charge in [0.05, 0.1) is 0 Å². The van der Waals surface area contributed by atoms with Crippen molar-refractivity contribution in [2.75, 3.05) is 10.2 Å².